The van der Waals surface area contributed by atoms with Crippen LogP contribution in [0.1, 0.15) is 35.4 Å². The van der Waals surface area contributed by atoms with E-state index >= 15 is 0 Å². The van der Waals surface area contributed by atoms with E-state index in [1.165, 1.54) is 24.7 Å². The molecule has 0 radical (unpaired) electrons. The van der Waals surface area contributed by atoms with Gasteiger partial charge in [0.1, 0.15) is 0 Å². The fourth-order valence-electron chi connectivity index (χ4n) is 3.49. The Balaban J connectivity index is 1.33. The number of aryl methyl sites for hydroxylation is 1. The van der Waals surface area contributed by atoms with Crippen LogP contribution in [0.4, 0.5) is 0 Å². The molecule has 1 aromatic carbocycles. The van der Waals surface area contributed by atoms with E-state index in [1.807, 2.05) is 11.9 Å². The molecule has 2 heterocycles. The smallest absolute Gasteiger partial charge is 0.289 e. The van der Waals surface area contributed by atoms with Gasteiger partial charge in [-0.1, -0.05) is 36.8 Å². The molecule has 0 saturated carbocycles. The van der Waals surface area contributed by atoms with Crippen LogP contribution in [0.2, 0.25) is 0 Å². The summed E-state index contributed by atoms with van der Waals surface area (Å²) in [6.45, 7) is 3.84. The highest BCUT2D eigenvalue weighted by Gasteiger charge is 2.24. The molecule has 1 aliphatic heterocycles. The lowest BCUT2D eigenvalue weighted by Gasteiger charge is -2.36. The van der Waals surface area contributed by atoms with E-state index in [0.29, 0.717) is 18.8 Å². The number of rotatable bonds is 7. The molecule has 1 aliphatic rings. The number of piperazine rings is 1. The van der Waals surface area contributed by atoms with Crippen molar-refractivity contribution in [3.8, 4) is 0 Å². The maximum atomic E-state index is 12.3. The SMILES string of the molecule is CN=C(NCCCCCc1ccccc1)N1CCN(C(=O)c2ccco2)CC1. The maximum absolute atomic E-state index is 12.3. The van der Waals surface area contributed by atoms with Gasteiger partial charge in [0.15, 0.2) is 11.7 Å². The largest absolute Gasteiger partial charge is 0.459 e. The number of carbonyl (C=O) groups is 1. The predicted octanol–water partition coefficient (Wildman–Crippen LogP) is 3.03. The molecule has 1 amide bonds. The van der Waals surface area contributed by atoms with E-state index in [1.54, 1.807) is 12.1 Å². The number of furan rings is 1. The number of hydrogen-bond donors (Lipinski definition) is 1. The highest BCUT2D eigenvalue weighted by molar-refractivity contribution is 5.91. The molecule has 1 aromatic heterocycles. The number of amides is 1. The molecule has 0 bridgehead atoms. The number of nitrogens with zero attached hydrogens (tertiary/aromatic N) is 3. The molecule has 6 heteroatoms. The van der Waals surface area contributed by atoms with Gasteiger partial charge in [-0.05, 0) is 37.0 Å². The third kappa shape index (κ3) is 5.62. The second-order valence-corrected chi connectivity index (χ2v) is 7.03. The Labute approximate surface area is 167 Å². The maximum Gasteiger partial charge on any atom is 0.289 e. The molecule has 0 spiro atoms. The number of guanidine groups is 1. The predicted molar refractivity (Wildman–Crippen MR) is 112 cm³/mol. The van der Waals surface area contributed by atoms with Gasteiger partial charge in [-0.25, -0.2) is 0 Å². The lowest BCUT2D eigenvalue weighted by Crippen LogP contribution is -2.53. The summed E-state index contributed by atoms with van der Waals surface area (Å²) < 4.78 is 5.22. The van der Waals surface area contributed by atoms with Crippen molar-refractivity contribution in [2.75, 3.05) is 39.8 Å². The van der Waals surface area contributed by atoms with E-state index < -0.39 is 0 Å². The molecule has 1 saturated heterocycles. The number of aliphatic imine (C=N–C) groups is 1. The molecule has 1 N–H and O–H groups in total. The molecule has 0 aliphatic carbocycles. The molecular weight excluding hydrogens is 352 g/mol. The Kier molecular flexibility index (Phi) is 7.53. The van der Waals surface area contributed by atoms with Crippen LogP contribution in [0.3, 0.4) is 0 Å². The van der Waals surface area contributed by atoms with Gasteiger partial charge >= 0.3 is 0 Å². The van der Waals surface area contributed by atoms with Crippen molar-refractivity contribution in [3.05, 3.63) is 60.1 Å². The summed E-state index contributed by atoms with van der Waals surface area (Å²) in [6, 6.07) is 14.1. The Morgan fingerprint density at radius 3 is 2.43 bits per heavy atom. The van der Waals surface area contributed by atoms with Crippen molar-refractivity contribution in [3.63, 3.8) is 0 Å². The summed E-state index contributed by atoms with van der Waals surface area (Å²) in [5, 5.41) is 3.46. The van der Waals surface area contributed by atoms with Crippen LogP contribution >= 0.6 is 0 Å². The van der Waals surface area contributed by atoms with Crippen molar-refractivity contribution >= 4 is 11.9 Å². The molecule has 150 valence electrons. The average molecular weight is 383 g/mol. The second kappa shape index (κ2) is 10.5. The zero-order valence-corrected chi connectivity index (χ0v) is 16.6. The first kappa shape index (κ1) is 20.0. The van der Waals surface area contributed by atoms with Gasteiger partial charge in [0.05, 0.1) is 6.26 Å². The molecule has 1 fully saturated rings. The van der Waals surface area contributed by atoms with Crippen LogP contribution in [0, 0.1) is 0 Å². The molecule has 0 atom stereocenters. The Morgan fingerprint density at radius 2 is 1.75 bits per heavy atom. The van der Waals surface area contributed by atoms with Gasteiger partial charge in [0.25, 0.3) is 5.91 Å². The summed E-state index contributed by atoms with van der Waals surface area (Å²) in [6.07, 6.45) is 6.21. The van der Waals surface area contributed by atoms with Gasteiger partial charge in [-0.15, -0.1) is 0 Å². The lowest BCUT2D eigenvalue weighted by molar-refractivity contribution is 0.0657. The number of carbonyl (C=O) groups excluding carboxylic acids is 1. The van der Waals surface area contributed by atoms with Gasteiger partial charge in [-0.3, -0.25) is 9.79 Å². The van der Waals surface area contributed by atoms with Crippen LogP contribution in [-0.2, 0) is 6.42 Å². The fourth-order valence-corrected chi connectivity index (χ4v) is 3.49. The minimum Gasteiger partial charge on any atom is -0.459 e. The lowest BCUT2D eigenvalue weighted by atomic mass is 10.1. The normalized spacial score (nSPS) is 15.0. The molecular formula is C22H30N4O2. The van der Waals surface area contributed by atoms with Gasteiger partial charge < -0.3 is 19.5 Å². The average Bonchev–Trinajstić information content (AvgIpc) is 3.29. The van der Waals surface area contributed by atoms with E-state index in [-0.39, 0.29) is 5.91 Å². The number of hydrogen-bond acceptors (Lipinski definition) is 3. The first-order valence-electron chi connectivity index (χ1n) is 10.1. The number of nitrogens with one attached hydrogen (secondary N) is 1. The second-order valence-electron chi connectivity index (χ2n) is 7.03. The van der Waals surface area contributed by atoms with Crippen molar-refractivity contribution in [2.24, 2.45) is 4.99 Å². The van der Waals surface area contributed by atoms with Crippen LogP contribution in [0.25, 0.3) is 0 Å². The number of benzene rings is 1. The number of unbranched alkanes of at least 4 members (excludes halogenated alkanes) is 2. The molecule has 28 heavy (non-hydrogen) atoms. The summed E-state index contributed by atoms with van der Waals surface area (Å²) in [7, 11) is 1.82. The fraction of sp³-hybridized carbons (Fsp3) is 0.455. The Hall–Kier alpha value is -2.76. The minimum absolute atomic E-state index is 0.0361. The van der Waals surface area contributed by atoms with E-state index in [9.17, 15) is 4.79 Å². The molecule has 3 rings (SSSR count). The first-order chi connectivity index (χ1) is 13.8. The third-order valence-electron chi connectivity index (χ3n) is 5.08. The zero-order chi connectivity index (χ0) is 19.6. The molecule has 0 unspecified atom stereocenters. The molecule has 6 nitrogen and oxygen atoms in total. The zero-order valence-electron chi connectivity index (χ0n) is 16.6. The Morgan fingerprint density at radius 1 is 1.00 bits per heavy atom. The summed E-state index contributed by atoms with van der Waals surface area (Å²) in [5.74, 6) is 1.30. The van der Waals surface area contributed by atoms with Gasteiger partial charge in [0, 0.05) is 39.8 Å². The highest BCUT2D eigenvalue weighted by atomic mass is 16.3. The third-order valence-corrected chi connectivity index (χ3v) is 5.08. The van der Waals surface area contributed by atoms with Crippen LogP contribution in [-0.4, -0.2) is 61.4 Å². The van der Waals surface area contributed by atoms with Gasteiger partial charge in [-0.2, -0.15) is 0 Å². The Bertz CT molecular complexity index is 735. The van der Waals surface area contributed by atoms with Crippen molar-refractivity contribution in [1.82, 2.24) is 15.1 Å². The van der Waals surface area contributed by atoms with Crippen molar-refractivity contribution in [2.45, 2.75) is 25.7 Å². The summed E-state index contributed by atoms with van der Waals surface area (Å²) in [4.78, 5) is 20.8. The van der Waals surface area contributed by atoms with E-state index in [0.717, 1.165) is 38.4 Å². The van der Waals surface area contributed by atoms with E-state index in [4.69, 9.17) is 4.42 Å². The standard InChI is InChI=1S/C22H30N4O2/c1-23-22(24-13-7-3-6-11-19-9-4-2-5-10-19)26-16-14-25(15-17-26)21(27)20-12-8-18-28-20/h2,4-5,8-10,12,18H,3,6-7,11,13-17H2,1H3,(H,23,24). The quantitative estimate of drug-likeness (QED) is 0.454. The minimum atomic E-state index is -0.0361. The van der Waals surface area contributed by atoms with Crippen LogP contribution in [0.5, 0.6) is 0 Å². The topological polar surface area (TPSA) is 61.1 Å². The van der Waals surface area contributed by atoms with Crippen LogP contribution in [0.15, 0.2) is 58.1 Å². The van der Waals surface area contributed by atoms with Crippen LogP contribution < -0.4 is 5.32 Å². The first-order valence-corrected chi connectivity index (χ1v) is 10.1. The summed E-state index contributed by atoms with van der Waals surface area (Å²) >= 11 is 0. The highest BCUT2D eigenvalue weighted by Crippen LogP contribution is 2.10. The van der Waals surface area contributed by atoms with E-state index in [2.05, 4.69) is 45.5 Å². The molecule has 2 aromatic rings. The summed E-state index contributed by atoms with van der Waals surface area (Å²) in [5.41, 5.74) is 1.41. The van der Waals surface area contributed by atoms with Crippen molar-refractivity contribution < 1.29 is 9.21 Å². The monoisotopic (exact) mass is 382 g/mol. The van der Waals surface area contributed by atoms with Gasteiger partial charge in [0.2, 0.25) is 0 Å². The van der Waals surface area contributed by atoms with Crippen molar-refractivity contribution in [1.29, 1.82) is 0 Å².